The van der Waals surface area contributed by atoms with Crippen LogP contribution in [0.3, 0.4) is 0 Å². The molecule has 0 fully saturated rings. The topological polar surface area (TPSA) is 33.1 Å². The summed E-state index contributed by atoms with van der Waals surface area (Å²) in [5.41, 5.74) is 5.56. The third-order valence-electron chi connectivity index (χ3n) is 6.38. The van der Waals surface area contributed by atoms with Gasteiger partial charge < -0.3 is 9.73 Å². The first-order chi connectivity index (χ1) is 16.2. The smallest absolute Gasteiger partial charge is 0.217 e. The van der Waals surface area contributed by atoms with Gasteiger partial charge in [-0.15, -0.1) is 5.70 Å². The van der Waals surface area contributed by atoms with Gasteiger partial charge in [0.2, 0.25) is 5.69 Å². The van der Waals surface area contributed by atoms with E-state index in [0.717, 1.165) is 45.7 Å². The molecule has 3 heterocycles. The Labute approximate surface area is 201 Å². The van der Waals surface area contributed by atoms with Gasteiger partial charge in [0.15, 0.2) is 6.20 Å². The second-order valence-corrected chi connectivity index (χ2v) is 10.6. The van der Waals surface area contributed by atoms with Crippen molar-refractivity contribution in [3.8, 4) is 11.3 Å². The Hall–Kier alpha value is -3.59. The number of nitrogens with zero attached hydrogens (tertiary/aromatic N) is 2. The van der Waals surface area contributed by atoms with Crippen molar-refractivity contribution in [2.75, 3.05) is 0 Å². The number of aromatic nitrogens is 1. The number of pyridine rings is 1. The van der Waals surface area contributed by atoms with Gasteiger partial charge in [0.05, 0.1) is 0 Å². The van der Waals surface area contributed by atoms with Crippen molar-refractivity contribution in [1.29, 1.82) is 0 Å². The maximum absolute atomic E-state index is 6.12. The van der Waals surface area contributed by atoms with Crippen LogP contribution in [0, 0.1) is 12.6 Å². The van der Waals surface area contributed by atoms with Gasteiger partial charge in [-0.05, 0) is 57.2 Å². The molecule has 4 aromatic rings. The third-order valence-corrected chi connectivity index (χ3v) is 6.38. The molecule has 0 radical (unpaired) electrons. The molecule has 0 atom stereocenters. The molecule has 0 saturated carbocycles. The van der Waals surface area contributed by atoms with Crippen molar-refractivity contribution in [3.05, 3.63) is 107 Å². The molecule has 34 heavy (non-hydrogen) atoms. The third kappa shape index (κ3) is 4.07. The van der Waals surface area contributed by atoms with Crippen LogP contribution in [0.2, 0.25) is 0 Å². The van der Waals surface area contributed by atoms with Crippen LogP contribution >= 0.6 is 0 Å². The number of rotatable bonds is 3. The monoisotopic (exact) mass is 448 g/mol. The molecule has 1 aliphatic heterocycles. The van der Waals surface area contributed by atoms with Crippen molar-refractivity contribution in [2.24, 2.45) is 5.92 Å². The van der Waals surface area contributed by atoms with Crippen LogP contribution < -0.4 is 9.46 Å². The highest BCUT2D eigenvalue weighted by Crippen LogP contribution is 2.35. The molecule has 3 heteroatoms. The highest BCUT2D eigenvalue weighted by Gasteiger charge is 2.20. The van der Waals surface area contributed by atoms with Gasteiger partial charge in [-0.25, -0.2) is 0 Å². The largest absolute Gasteiger partial charge is 0.663 e. The van der Waals surface area contributed by atoms with Crippen molar-refractivity contribution in [1.82, 2.24) is 0 Å². The Morgan fingerprint density at radius 2 is 1.82 bits per heavy atom. The lowest BCUT2D eigenvalue weighted by atomic mass is 9.82. The van der Waals surface area contributed by atoms with E-state index in [1.807, 2.05) is 22.7 Å². The van der Waals surface area contributed by atoms with Gasteiger partial charge >= 0.3 is 0 Å². The van der Waals surface area contributed by atoms with Gasteiger partial charge in [-0.2, -0.15) is 10.4 Å². The number of furan rings is 1. The molecule has 2 aromatic carbocycles. The van der Waals surface area contributed by atoms with Gasteiger partial charge in [0.1, 0.15) is 18.2 Å². The minimum atomic E-state index is 0.0238. The zero-order valence-corrected chi connectivity index (χ0v) is 20.7. The van der Waals surface area contributed by atoms with Crippen LogP contribution in [-0.4, -0.2) is 0 Å². The summed E-state index contributed by atoms with van der Waals surface area (Å²) in [7, 11) is 0. The highest BCUT2D eigenvalue weighted by molar-refractivity contribution is 5.91. The summed E-state index contributed by atoms with van der Waals surface area (Å²) >= 11 is 0. The molecule has 2 aromatic heterocycles. The Bertz CT molecular complexity index is 1530. The number of benzene rings is 2. The second kappa shape index (κ2) is 8.32. The molecule has 0 aliphatic carbocycles. The van der Waals surface area contributed by atoms with Gasteiger partial charge in [-0.3, -0.25) is 0 Å². The van der Waals surface area contributed by atoms with E-state index in [0.29, 0.717) is 5.92 Å². The Kier molecular flexibility index (Phi) is 5.44. The maximum atomic E-state index is 6.12. The van der Waals surface area contributed by atoms with Crippen LogP contribution in [0.15, 0.2) is 71.4 Å². The molecule has 0 N–H and O–H groups in total. The molecule has 0 bridgehead atoms. The summed E-state index contributed by atoms with van der Waals surface area (Å²) in [4.78, 5) is 0. The minimum absolute atomic E-state index is 0.0238. The standard InChI is InChI=1S/C31H32N2O/c1-20(2)15-24-19-26-29(34-24)11-13-32-30(26)22-12-14-33(6)28(18-22)23-16-21-9-7-8-10-25(21)27(17-23)31(3,4)5/h7-14,16-20H,6,15H2,1-5H3. The lowest BCUT2D eigenvalue weighted by Gasteiger charge is -2.24. The molecule has 5 rings (SSSR count). The summed E-state index contributed by atoms with van der Waals surface area (Å²) in [6.07, 6.45) is 6.72. The van der Waals surface area contributed by atoms with Crippen LogP contribution in [0.1, 0.15) is 57.3 Å². The van der Waals surface area contributed by atoms with E-state index < -0.39 is 0 Å². The first-order valence-corrected chi connectivity index (χ1v) is 12.0. The fourth-order valence-electron chi connectivity index (χ4n) is 4.75. The van der Waals surface area contributed by atoms with Crippen LogP contribution in [-0.2, 0) is 11.8 Å². The summed E-state index contributed by atoms with van der Waals surface area (Å²) < 4.78 is 8.07. The summed E-state index contributed by atoms with van der Waals surface area (Å²) in [5.74, 6) is 2.43. The number of hydrogen-bond donors (Lipinski definition) is 0. The quantitative estimate of drug-likeness (QED) is 0.310. The van der Waals surface area contributed by atoms with Crippen molar-refractivity contribution in [3.63, 3.8) is 0 Å². The fourth-order valence-corrected chi connectivity index (χ4v) is 4.75. The van der Waals surface area contributed by atoms with Crippen molar-refractivity contribution < 1.29 is 8.66 Å². The van der Waals surface area contributed by atoms with Gasteiger partial charge in [0, 0.05) is 29.7 Å². The van der Waals surface area contributed by atoms with Gasteiger partial charge in [-0.1, -0.05) is 58.9 Å². The van der Waals surface area contributed by atoms with E-state index in [1.54, 1.807) is 0 Å². The molecule has 172 valence electrons. The molecule has 0 spiro atoms. The van der Waals surface area contributed by atoms with Crippen LogP contribution in [0.5, 0.6) is 0 Å². The number of fused-ring (bicyclic) bond motifs is 2. The molecular formula is C31H32N2O. The van der Waals surface area contributed by atoms with E-state index in [-0.39, 0.29) is 5.41 Å². The summed E-state index contributed by atoms with van der Waals surface area (Å²) in [5, 5.41) is 8.35. The zero-order chi connectivity index (χ0) is 24.0. The maximum Gasteiger partial charge on any atom is 0.217 e. The Morgan fingerprint density at radius 1 is 1.03 bits per heavy atom. The predicted octanol–water partition coefficient (Wildman–Crippen LogP) is 7.04. The van der Waals surface area contributed by atoms with Crippen LogP contribution in [0.4, 0.5) is 0 Å². The SMILES string of the molecule is C=[n+]1ccc(=C2[N-]C=Cc3oc(CC(C)C)cc32)cc1-c1cc(C(C)(C)C)c2ccccc2c1. The lowest BCUT2D eigenvalue weighted by molar-refractivity contribution is -0.486. The zero-order valence-electron chi connectivity index (χ0n) is 20.7. The first kappa shape index (κ1) is 22.2. The average molecular weight is 449 g/mol. The second-order valence-electron chi connectivity index (χ2n) is 10.6. The van der Waals surface area contributed by atoms with E-state index in [1.165, 1.54) is 16.3 Å². The van der Waals surface area contributed by atoms with Gasteiger partial charge in [0.25, 0.3) is 0 Å². The van der Waals surface area contributed by atoms with E-state index >= 15 is 0 Å². The average Bonchev–Trinajstić information content (AvgIpc) is 3.20. The summed E-state index contributed by atoms with van der Waals surface area (Å²) in [6, 6.07) is 19.6. The van der Waals surface area contributed by atoms with Crippen molar-refractivity contribution in [2.45, 2.75) is 46.5 Å². The molecule has 0 unspecified atom stereocenters. The molecule has 3 nitrogen and oxygen atoms in total. The molecule has 1 aliphatic rings. The van der Waals surface area contributed by atoms with E-state index in [4.69, 9.17) is 9.73 Å². The first-order valence-electron chi connectivity index (χ1n) is 12.0. The Balaban J connectivity index is 1.71. The predicted molar refractivity (Wildman–Crippen MR) is 141 cm³/mol. The molecule has 0 amide bonds. The molecule has 0 saturated heterocycles. The number of hydrogen-bond acceptors (Lipinski definition) is 1. The minimum Gasteiger partial charge on any atom is -0.663 e. The van der Waals surface area contributed by atoms with E-state index in [2.05, 4.69) is 95.9 Å². The fraction of sp³-hybridized carbons (Fsp3) is 0.258. The lowest BCUT2D eigenvalue weighted by Crippen LogP contribution is -2.22. The molecular weight excluding hydrogens is 416 g/mol. The van der Waals surface area contributed by atoms with E-state index in [9.17, 15) is 0 Å². The summed E-state index contributed by atoms with van der Waals surface area (Å²) in [6.45, 7) is 15.5. The normalized spacial score (nSPS) is 15.0. The van der Waals surface area contributed by atoms with Crippen molar-refractivity contribution >= 4 is 22.5 Å². The highest BCUT2D eigenvalue weighted by atomic mass is 16.3. The van der Waals surface area contributed by atoms with Crippen LogP contribution in [0.25, 0.3) is 39.1 Å². The Morgan fingerprint density at radius 3 is 2.59 bits per heavy atom.